The molecule has 0 amide bonds. The maximum atomic E-state index is 11.5. The van der Waals surface area contributed by atoms with Crippen LogP contribution in [0.5, 0.6) is 0 Å². The predicted molar refractivity (Wildman–Crippen MR) is 60.6 cm³/mol. The van der Waals surface area contributed by atoms with Crippen molar-refractivity contribution in [1.82, 2.24) is 0 Å². The molecule has 1 aromatic carbocycles. The summed E-state index contributed by atoms with van der Waals surface area (Å²) in [6.07, 6.45) is 4.60. The Kier molecular flexibility index (Phi) is 4.41. The molecule has 0 heterocycles. The Morgan fingerprint density at radius 1 is 1.47 bits per heavy atom. The number of hydrogen-bond donors (Lipinski definition) is 1. The minimum Gasteiger partial charge on any atom is -0.462 e. The summed E-state index contributed by atoms with van der Waals surface area (Å²) in [6.45, 7) is 2.31. The minimum atomic E-state index is -0.363. The SMILES string of the molecule is C/C=C/CCOC(=O)c1ccccc1N. The number of allylic oxidation sites excluding steroid dienone is 1. The van der Waals surface area contributed by atoms with Crippen molar-refractivity contribution < 1.29 is 9.53 Å². The maximum Gasteiger partial charge on any atom is 0.340 e. The molecule has 0 aromatic heterocycles. The van der Waals surface area contributed by atoms with E-state index >= 15 is 0 Å². The van der Waals surface area contributed by atoms with Gasteiger partial charge in [-0.25, -0.2) is 4.79 Å². The van der Waals surface area contributed by atoms with Crippen LogP contribution < -0.4 is 5.73 Å². The quantitative estimate of drug-likeness (QED) is 0.355. The van der Waals surface area contributed by atoms with Crippen LogP contribution in [0.25, 0.3) is 0 Å². The van der Waals surface area contributed by atoms with Crippen LogP contribution in [0.4, 0.5) is 5.69 Å². The van der Waals surface area contributed by atoms with Crippen LogP contribution in [-0.2, 0) is 4.74 Å². The molecule has 0 saturated carbocycles. The van der Waals surface area contributed by atoms with E-state index in [0.29, 0.717) is 17.9 Å². The lowest BCUT2D eigenvalue weighted by atomic mass is 10.2. The molecule has 2 N–H and O–H groups in total. The number of para-hydroxylation sites is 1. The molecule has 0 atom stereocenters. The smallest absolute Gasteiger partial charge is 0.340 e. The van der Waals surface area contributed by atoms with Gasteiger partial charge in [0.1, 0.15) is 0 Å². The van der Waals surface area contributed by atoms with E-state index in [1.807, 2.05) is 19.1 Å². The molecule has 0 aliphatic carbocycles. The first-order valence-electron chi connectivity index (χ1n) is 4.88. The minimum absolute atomic E-state index is 0.363. The Balaban J connectivity index is 2.51. The fraction of sp³-hybridized carbons (Fsp3) is 0.250. The molecule has 0 spiro atoms. The van der Waals surface area contributed by atoms with Crippen molar-refractivity contribution in [3.8, 4) is 0 Å². The van der Waals surface area contributed by atoms with Crippen LogP contribution in [0.1, 0.15) is 23.7 Å². The molecule has 0 aliphatic rings. The molecule has 80 valence electrons. The number of nitrogens with two attached hydrogens (primary N) is 1. The molecule has 0 bridgehead atoms. The first-order chi connectivity index (χ1) is 7.25. The van der Waals surface area contributed by atoms with Gasteiger partial charge in [0, 0.05) is 5.69 Å². The Morgan fingerprint density at radius 3 is 2.87 bits per heavy atom. The first kappa shape index (κ1) is 11.3. The number of benzene rings is 1. The number of carbonyl (C=O) groups excluding carboxylic acids is 1. The maximum absolute atomic E-state index is 11.5. The van der Waals surface area contributed by atoms with E-state index < -0.39 is 0 Å². The van der Waals surface area contributed by atoms with Crippen LogP contribution in [0.15, 0.2) is 36.4 Å². The fourth-order valence-electron chi connectivity index (χ4n) is 1.15. The summed E-state index contributed by atoms with van der Waals surface area (Å²) in [7, 11) is 0. The molecule has 0 radical (unpaired) electrons. The molecular weight excluding hydrogens is 190 g/mol. The first-order valence-corrected chi connectivity index (χ1v) is 4.88. The van der Waals surface area contributed by atoms with Crippen molar-refractivity contribution in [2.45, 2.75) is 13.3 Å². The molecule has 0 fully saturated rings. The van der Waals surface area contributed by atoms with Crippen LogP contribution in [-0.4, -0.2) is 12.6 Å². The summed E-state index contributed by atoms with van der Waals surface area (Å²) in [5, 5.41) is 0. The molecular formula is C12H15NO2. The van der Waals surface area contributed by atoms with Crippen molar-refractivity contribution >= 4 is 11.7 Å². The molecule has 0 aliphatic heterocycles. The third kappa shape index (κ3) is 3.46. The highest BCUT2D eigenvalue weighted by atomic mass is 16.5. The second kappa shape index (κ2) is 5.86. The van der Waals surface area contributed by atoms with Gasteiger partial charge in [0.15, 0.2) is 0 Å². The Bertz CT molecular complexity index is 358. The van der Waals surface area contributed by atoms with E-state index in [0.717, 1.165) is 6.42 Å². The summed E-state index contributed by atoms with van der Waals surface area (Å²) >= 11 is 0. The molecule has 0 unspecified atom stereocenters. The number of ether oxygens (including phenoxy) is 1. The van der Waals surface area contributed by atoms with Crippen molar-refractivity contribution in [2.24, 2.45) is 0 Å². The average molecular weight is 205 g/mol. The van der Waals surface area contributed by atoms with Gasteiger partial charge in [0.25, 0.3) is 0 Å². The van der Waals surface area contributed by atoms with E-state index in [1.165, 1.54) is 0 Å². The summed E-state index contributed by atoms with van der Waals surface area (Å²) in [5.74, 6) is -0.363. The van der Waals surface area contributed by atoms with Crippen molar-refractivity contribution in [3.05, 3.63) is 42.0 Å². The fourth-order valence-corrected chi connectivity index (χ4v) is 1.15. The zero-order valence-corrected chi connectivity index (χ0v) is 8.77. The van der Waals surface area contributed by atoms with Gasteiger partial charge in [-0.1, -0.05) is 24.3 Å². The highest BCUT2D eigenvalue weighted by Gasteiger charge is 2.08. The predicted octanol–water partition coefficient (Wildman–Crippen LogP) is 2.39. The summed E-state index contributed by atoms with van der Waals surface area (Å²) in [5.41, 5.74) is 6.52. The molecule has 15 heavy (non-hydrogen) atoms. The summed E-state index contributed by atoms with van der Waals surface area (Å²) in [4.78, 5) is 11.5. The van der Waals surface area contributed by atoms with Crippen LogP contribution in [0.3, 0.4) is 0 Å². The van der Waals surface area contributed by atoms with Crippen LogP contribution >= 0.6 is 0 Å². The van der Waals surface area contributed by atoms with Crippen molar-refractivity contribution in [3.63, 3.8) is 0 Å². The number of carbonyl (C=O) groups is 1. The number of anilines is 1. The van der Waals surface area contributed by atoms with Gasteiger partial charge in [-0.3, -0.25) is 0 Å². The average Bonchev–Trinajstić information content (AvgIpc) is 2.25. The van der Waals surface area contributed by atoms with E-state index in [2.05, 4.69) is 0 Å². The number of nitrogen functional groups attached to an aromatic ring is 1. The van der Waals surface area contributed by atoms with E-state index in [9.17, 15) is 4.79 Å². The lowest BCUT2D eigenvalue weighted by Gasteiger charge is -2.05. The largest absolute Gasteiger partial charge is 0.462 e. The van der Waals surface area contributed by atoms with E-state index in [4.69, 9.17) is 10.5 Å². The van der Waals surface area contributed by atoms with Gasteiger partial charge in [0.2, 0.25) is 0 Å². The summed E-state index contributed by atoms with van der Waals surface area (Å²) < 4.78 is 5.04. The zero-order valence-electron chi connectivity index (χ0n) is 8.77. The van der Waals surface area contributed by atoms with Gasteiger partial charge in [-0.05, 0) is 25.5 Å². The third-order valence-corrected chi connectivity index (χ3v) is 1.93. The second-order valence-electron chi connectivity index (χ2n) is 3.08. The van der Waals surface area contributed by atoms with E-state index in [-0.39, 0.29) is 5.97 Å². The second-order valence-corrected chi connectivity index (χ2v) is 3.08. The lowest BCUT2D eigenvalue weighted by molar-refractivity contribution is 0.0513. The normalized spacial score (nSPS) is 10.5. The highest BCUT2D eigenvalue weighted by Crippen LogP contribution is 2.11. The van der Waals surface area contributed by atoms with Crippen LogP contribution in [0.2, 0.25) is 0 Å². The number of hydrogen-bond acceptors (Lipinski definition) is 3. The zero-order chi connectivity index (χ0) is 11.1. The lowest BCUT2D eigenvalue weighted by Crippen LogP contribution is -2.08. The third-order valence-electron chi connectivity index (χ3n) is 1.93. The number of rotatable bonds is 4. The standard InChI is InChI=1S/C12H15NO2/c1-2-3-6-9-15-12(14)10-7-4-5-8-11(10)13/h2-5,7-8H,6,9,13H2,1H3/b3-2+. The topological polar surface area (TPSA) is 52.3 Å². The van der Waals surface area contributed by atoms with Gasteiger partial charge < -0.3 is 10.5 Å². The molecule has 0 saturated heterocycles. The molecule has 1 rings (SSSR count). The van der Waals surface area contributed by atoms with Crippen molar-refractivity contribution in [2.75, 3.05) is 12.3 Å². The Labute approximate surface area is 89.5 Å². The molecule has 1 aromatic rings. The molecule has 3 nitrogen and oxygen atoms in total. The summed E-state index contributed by atoms with van der Waals surface area (Å²) in [6, 6.07) is 6.89. The van der Waals surface area contributed by atoms with E-state index in [1.54, 1.807) is 24.3 Å². The van der Waals surface area contributed by atoms with Gasteiger partial charge in [0.05, 0.1) is 12.2 Å². The Morgan fingerprint density at radius 2 is 2.20 bits per heavy atom. The van der Waals surface area contributed by atoms with Gasteiger partial charge >= 0.3 is 5.97 Å². The van der Waals surface area contributed by atoms with Crippen LogP contribution in [0, 0.1) is 0 Å². The van der Waals surface area contributed by atoms with Gasteiger partial charge in [-0.15, -0.1) is 0 Å². The van der Waals surface area contributed by atoms with Crippen molar-refractivity contribution in [1.29, 1.82) is 0 Å². The monoisotopic (exact) mass is 205 g/mol. The molecule has 3 heteroatoms. The highest BCUT2D eigenvalue weighted by molar-refractivity contribution is 5.94. The van der Waals surface area contributed by atoms with Gasteiger partial charge in [-0.2, -0.15) is 0 Å². The number of esters is 1. The Hall–Kier alpha value is -1.77.